The Labute approximate surface area is 174 Å². The minimum atomic E-state index is -0.451. The van der Waals surface area contributed by atoms with Gasteiger partial charge < -0.3 is 10.2 Å². The Kier molecular flexibility index (Phi) is 7.45. The Morgan fingerprint density at radius 1 is 1.03 bits per heavy atom. The molecular weight excluding hydrogens is 360 g/mol. The van der Waals surface area contributed by atoms with Gasteiger partial charge in [-0.25, -0.2) is 0 Å². The van der Waals surface area contributed by atoms with Crippen molar-refractivity contribution in [3.8, 4) is 0 Å². The van der Waals surface area contributed by atoms with Crippen molar-refractivity contribution in [3.05, 3.63) is 71.3 Å². The number of hydrogen-bond acceptors (Lipinski definition) is 2. The van der Waals surface area contributed by atoms with Crippen LogP contribution in [0.15, 0.2) is 54.6 Å². The summed E-state index contributed by atoms with van der Waals surface area (Å²) in [6.45, 7) is 4.46. The Morgan fingerprint density at radius 2 is 1.72 bits per heavy atom. The molecule has 2 aromatic carbocycles. The molecule has 1 aliphatic carbocycles. The van der Waals surface area contributed by atoms with Gasteiger partial charge in [0, 0.05) is 12.6 Å². The summed E-state index contributed by atoms with van der Waals surface area (Å²) in [5.41, 5.74) is 3.16. The zero-order valence-electron chi connectivity index (χ0n) is 17.6. The number of hydrogen-bond donors (Lipinski definition) is 1. The molecule has 0 aromatic heterocycles. The molecule has 1 fully saturated rings. The summed E-state index contributed by atoms with van der Waals surface area (Å²) >= 11 is 0. The maximum atomic E-state index is 13.3. The van der Waals surface area contributed by atoms with Crippen LogP contribution in [0.4, 0.5) is 0 Å². The smallest absolute Gasteiger partial charge is 0.243 e. The van der Waals surface area contributed by atoms with Crippen molar-refractivity contribution in [2.24, 2.45) is 0 Å². The molecule has 0 radical (unpaired) electrons. The van der Waals surface area contributed by atoms with Crippen molar-refractivity contribution in [3.63, 3.8) is 0 Å². The Morgan fingerprint density at radius 3 is 2.38 bits per heavy atom. The van der Waals surface area contributed by atoms with Crippen molar-refractivity contribution < 1.29 is 9.59 Å². The molecule has 0 spiro atoms. The second-order valence-corrected chi connectivity index (χ2v) is 8.09. The molecule has 2 aromatic rings. The predicted molar refractivity (Wildman–Crippen MR) is 116 cm³/mol. The second kappa shape index (κ2) is 10.2. The molecule has 3 rings (SSSR count). The van der Waals surface area contributed by atoms with Crippen molar-refractivity contribution in [2.45, 2.75) is 71.0 Å². The zero-order chi connectivity index (χ0) is 20.6. The van der Waals surface area contributed by atoms with E-state index in [2.05, 4.69) is 5.32 Å². The number of rotatable bonds is 8. The van der Waals surface area contributed by atoms with Crippen LogP contribution in [-0.2, 0) is 22.6 Å². The predicted octanol–water partition coefficient (Wildman–Crippen LogP) is 4.40. The number of amides is 2. The second-order valence-electron chi connectivity index (χ2n) is 8.09. The maximum absolute atomic E-state index is 13.3. The topological polar surface area (TPSA) is 49.4 Å². The molecule has 1 saturated carbocycles. The Bertz CT molecular complexity index is 813. The van der Waals surface area contributed by atoms with Gasteiger partial charge in [0.25, 0.3) is 0 Å². The monoisotopic (exact) mass is 392 g/mol. The third kappa shape index (κ3) is 5.93. The number of carbonyl (C=O) groups excluding carboxylic acids is 2. The first-order valence-corrected chi connectivity index (χ1v) is 10.8. The summed E-state index contributed by atoms with van der Waals surface area (Å²) in [4.78, 5) is 28.1. The van der Waals surface area contributed by atoms with E-state index in [1.165, 1.54) is 12.8 Å². The molecule has 0 unspecified atom stereocenters. The van der Waals surface area contributed by atoms with Gasteiger partial charge in [0.15, 0.2) is 0 Å². The summed E-state index contributed by atoms with van der Waals surface area (Å²) in [5, 5.41) is 3.19. The lowest BCUT2D eigenvalue weighted by atomic mass is 10.0. The van der Waals surface area contributed by atoms with E-state index < -0.39 is 6.04 Å². The van der Waals surface area contributed by atoms with E-state index in [0.717, 1.165) is 29.5 Å². The van der Waals surface area contributed by atoms with Crippen molar-refractivity contribution >= 4 is 11.8 Å². The summed E-state index contributed by atoms with van der Waals surface area (Å²) < 4.78 is 0. The van der Waals surface area contributed by atoms with Gasteiger partial charge >= 0.3 is 0 Å². The highest BCUT2D eigenvalue weighted by atomic mass is 16.2. The molecule has 2 amide bonds. The highest BCUT2D eigenvalue weighted by Gasteiger charge is 2.30. The van der Waals surface area contributed by atoms with Crippen LogP contribution in [0.1, 0.15) is 55.7 Å². The van der Waals surface area contributed by atoms with E-state index in [4.69, 9.17) is 0 Å². The fourth-order valence-electron chi connectivity index (χ4n) is 4.17. The van der Waals surface area contributed by atoms with Crippen LogP contribution in [0.3, 0.4) is 0 Å². The molecule has 0 saturated heterocycles. The molecule has 0 bridgehead atoms. The molecule has 0 aliphatic heterocycles. The molecule has 1 aliphatic rings. The number of nitrogens with one attached hydrogen (secondary N) is 1. The fraction of sp³-hybridized carbons (Fsp3) is 0.440. The molecule has 1 N–H and O–H groups in total. The average molecular weight is 393 g/mol. The van der Waals surface area contributed by atoms with E-state index in [9.17, 15) is 9.59 Å². The minimum Gasteiger partial charge on any atom is -0.352 e. The third-order valence-electron chi connectivity index (χ3n) is 5.72. The van der Waals surface area contributed by atoms with Crippen molar-refractivity contribution in [1.82, 2.24) is 10.2 Å². The van der Waals surface area contributed by atoms with Crippen molar-refractivity contribution in [1.29, 1.82) is 0 Å². The Hall–Kier alpha value is -2.62. The molecule has 4 nitrogen and oxygen atoms in total. The minimum absolute atomic E-state index is 0.00660. The summed E-state index contributed by atoms with van der Waals surface area (Å²) in [7, 11) is 0. The van der Waals surface area contributed by atoms with Gasteiger partial charge in [0.2, 0.25) is 11.8 Å². The maximum Gasteiger partial charge on any atom is 0.243 e. The Balaban J connectivity index is 1.79. The van der Waals surface area contributed by atoms with E-state index >= 15 is 0 Å². The molecular formula is C25H32N2O2. The van der Waals surface area contributed by atoms with Crippen LogP contribution in [0.5, 0.6) is 0 Å². The first-order valence-electron chi connectivity index (χ1n) is 10.8. The molecule has 1 atom stereocenters. The highest BCUT2D eigenvalue weighted by Crippen LogP contribution is 2.20. The molecule has 154 valence electrons. The van der Waals surface area contributed by atoms with Gasteiger partial charge in [-0.2, -0.15) is 0 Å². The largest absolute Gasteiger partial charge is 0.352 e. The van der Waals surface area contributed by atoms with Crippen LogP contribution in [0.2, 0.25) is 0 Å². The zero-order valence-corrected chi connectivity index (χ0v) is 17.6. The first kappa shape index (κ1) is 21.1. The van der Waals surface area contributed by atoms with E-state index in [0.29, 0.717) is 19.4 Å². The van der Waals surface area contributed by atoms with Crippen LogP contribution < -0.4 is 5.32 Å². The quantitative estimate of drug-likeness (QED) is 0.724. The van der Waals surface area contributed by atoms with E-state index in [1.54, 1.807) is 4.90 Å². The highest BCUT2D eigenvalue weighted by molar-refractivity contribution is 5.88. The number of nitrogens with zero attached hydrogens (tertiary/aromatic N) is 1. The summed E-state index contributed by atoms with van der Waals surface area (Å²) in [6.07, 6.45) is 5.33. The lowest BCUT2D eigenvalue weighted by Gasteiger charge is -2.31. The lowest BCUT2D eigenvalue weighted by Crippen LogP contribution is -2.51. The number of carbonyl (C=O) groups is 2. The van der Waals surface area contributed by atoms with Gasteiger partial charge in [0.05, 0.1) is 6.42 Å². The SMILES string of the molecule is CC[C@H](C(=O)NC1CCCC1)N(Cc1ccccc1)C(=O)Cc1cccc(C)c1. The van der Waals surface area contributed by atoms with Crippen LogP contribution in [0, 0.1) is 6.92 Å². The van der Waals surface area contributed by atoms with E-state index in [-0.39, 0.29) is 17.9 Å². The van der Waals surface area contributed by atoms with Crippen molar-refractivity contribution in [2.75, 3.05) is 0 Å². The van der Waals surface area contributed by atoms with Gasteiger partial charge in [-0.3, -0.25) is 9.59 Å². The summed E-state index contributed by atoms with van der Waals surface area (Å²) in [6, 6.07) is 17.7. The lowest BCUT2D eigenvalue weighted by molar-refractivity contribution is -0.141. The van der Waals surface area contributed by atoms with Gasteiger partial charge in [-0.1, -0.05) is 79.9 Å². The molecule has 4 heteroatoms. The molecule has 0 heterocycles. The summed E-state index contributed by atoms with van der Waals surface area (Å²) in [5.74, 6) is -0.0270. The van der Waals surface area contributed by atoms with Gasteiger partial charge in [0.1, 0.15) is 6.04 Å². The number of benzene rings is 2. The fourth-order valence-corrected chi connectivity index (χ4v) is 4.17. The average Bonchev–Trinajstić information content (AvgIpc) is 3.21. The number of aryl methyl sites for hydroxylation is 1. The first-order chi connectivity index (χ1) is 14.1. The van der Waals surface area contributed by atoms with Gasteiger partial charge in [-0.15, -0.1) is 0 Å². The van der Waals surface area contributed by atoms with E-state index in [1.807, 2.05) is 68.4 Å². The van der Waals surface area contributed by atoms with Crippen LogP contribution in [-0.4, -0.2) is 28.8 Å². The normalized spacial score (nSPS) is 15.1. The van der Waals surface area contributed by atoms with Crippen LogP contribution >= 0.6 is 0 Å². The third-order valence-corrected chi connectivity index (χ3v) is 5.72. The van der Waals surface area contributed by atoms with Gasteiger partial charge in [-0.05, 0) is 37.3 Å². The van der Waals surface area contributed by atoms with Crippen LogP contribution in [0.25, 0.3) is 0 Å². The standard InChI is InChI=1S/C25H32N2O2/c1-3-23(25(29)26-22-14-7-8-15-22)27(18-20-11-5-4-6-12-20)24(28)17-21-13-9-10-19(2)16-21/h4-6,9-13,16,22-23H,3,7-8,14-15,17-18H2,1-2H3,(H,26,29)/t23-/m1/s1. The molecule has 29 heavy (non-hydrogen) atoms.